The SMILES string of the molecule is CCCNC(=O)N(CCOC)CC(=O)N1N=C(c2ccc(OC)cc2)C[C@@H]1c1ccc2c(c1)OCO2. The second-order valence-corrected chi connectivity index (χ2v) is 8.49. The van der Waals surface area contributed by atoms with Crippen molar-refractivity contribution >= 4 is 17.6 Å². The maximum absolute atomic E-state index is 13.6. The Balaban J connectivity index is 1.60. The lowest BCUT2D eigenvalue weighted by molar-refractivity contribution is -0.133. The fourth-order valence-electron chi connectivity index (χ4n) is 4.11. The third kappa shape index (κ3) is 5.71. The molecule has 1 atom stereocenters. The van der Waals surface area contributed by atoms with Gasteiger partial charge in [-0.05, 0) is 53.9 Å². The molecule has 3 amide bonds. The monoisotopic (exact) mass is 496 g/mol. The van der Waals surface area contributed by atoms with Crippen molar-refractivity contribution in [3.8, 4) is 17.2 Å². The molecule has 2 aromatic carbocycles. The van der Waals surface area contributed by atoms with Gasteiger partial charge in [0.2, 0.25) is 6.79 Å². The first-order valence-electron chi connectivity index (χ1n) is 12.0. The van der Waals surface area contributed by atoms with Crippen LogP contribution in [0.25, 0.3) is 0 Å². The van der Waals surface area contributed by atoms with E-state index in [1.807, 2.05) is 49.4 Å². The lowest BCUT2D eigenvalue weighted by Gasteiger charge is -2.27. The van der Waals surface area contributed by atoms with Crippen LogP contribution < -0.4 is 19.5 Å². The van der Waals surface area contributed by atoms with Crippen molar-refractivity contribution in [3.63, 3.8) is 0 Å². The number of methoxy groups -OCH3 is 2. The molecule has 0 saturated heterocycles. The van der Waals surface area contributed by atoms with Gasteiger partial charge in [0.25, 0.3) is 5.91 Å². The van der Waals surface area contributed by atoms with Crippen LogP contribution in [-0.4, -0.2) is 74.8 Å². The molecule has 0 aliphatic carbocycles. The van der Waals surface area contributed by atoms with Gasteiger partial charge < -0.3 is 29.2 Å². The number of carbonyl (C=O) groups excluding carboxylic acids is 2. The van der Waals surface area contributed by atoms with E-state index < -0.39 is 0 Å². The fourth-order valence-corrected chi connectivity index (χ4v) is 4.11. The summed E-state index contributed by atoms with van der Waals surface area (Å²) in [7, 11) is 3.18. The lowest BCUT2D eigenvalue weighted by Crippen LogP contribution is -2.47. The maximum atomic E-state index is 13.6. The summed E-state index contributed by atoms with van der Waals surface area (Å²) in [4.78, 5) is 27.7. The summed E-state index contributed by atoms with van der Waals surface area (Å²) in [6.07, 6.45) is 1.31. The van der Waals surface area contributed by atoms with Crippen LogP contribution in [0, 0.1) is 0 Å². The molecule has 0 bridgehead atoms. The van der Waals surface area contributed by atoms with E-state index in [9.17, 15) is 9.59 Å². The van der Waals surface area contributed by atoms with Gasteiger partial charge >= 0.3 is 6.03 Å². The third-order valence-corrected chi connectivity index (χ3v) is 6.08. The molecule has 0 unspecified atom stereocenters. The van der Waals surface area contributed by atoms with E-state index in [2.05, 4.69) is 5.32 Å². The van der Waals surface area contributed by atoms with Crippen molar-refractivity contribution in [3.05, 3.63) is 53.6 Å². The predicted molar refractivity (Wildman–Crippen MR) is 133 cm³/mol. The van der Waals surface area contributed by atoms with Crippen LogP contribution >= 0.6 is 0 Å². The largest absolute Gasteiger partial charge is 0.497 e. The number of hydrogen-bond acceptors (Lipinski definition) is 7. The first-order chi connectivity index (χ1) is 17.5. The van der Waals surface area contributed by atoms with Crippen molar-refractivity contribution in [2.24, 2.45) is 5.10 Å². The van der Waals surface area contributed by atoms with Crippen molar-refractivity contribution in [1.82, 2.24) is 15.2 Å². The Hall–Kier alpha value is -3.79. The molecule has 192 valence electrons. The molecule has 2 heterocycles. The standard InChI is InChI=1S/C26H32N4O6/c1-4-11-27-26(32)29(12-13-33-2)16-25(31)30-22(19-7-10-23-24(14-19)36-17-35-23)15-21(28-30)18-5-8-20(34-3)9-6-18/h5-10,14,22H,4,11-13,15-17H2,1-3H3,(H,27,32)/t22-/m1/s1. The van der Waals surface area contributed by atoms with Crippen molar-refractivity contribution < 1.29 is 28.5 Å². The van der Waals surface area contributed by atoms with Gasteiger partial charge in [0, 0.05) is 26.6 Å². The van der Waals surface area contributed by atoms with Gasteiger partial charge in [0.15, 0.2) is 11.5 Å². The Labute approximate surface area is 210 Å². The second-order valence-electron chi connectivity index (χ2n) is 8.49. The minimum Gasteiger partial charge on any atom is -0.497 e. The molecule has 2 aliphatic rings. The molecule has 0 aromatic heterocycles. The van der Waals surface area contributed by atoms with Crippen LogP contribution in [0.5, 0.6) is 17.2 Å². The summed E-state index contributed by atoms with van der Waals surface area (Å²) in [6, 6.07) is 12.6. The molecular weight excluding hydrogens is 464 g/mol. The van der Waals surface area contributed by atoms with Crippen LogP contribution in [0.1, 0.15) is 36.9 Å². The molecular formula is C26H32N4O6. The van der Waals surface area contributed by atoms with Gasteiger partial charge in [0.05, 0.1) is 25.5 Å². The molecule has 0 spiro atoms. The van der Waals surface area contributed by atoms with Gasteiger partial charge in [-0.25, -0.2) is 9.80 Å². The number of carbonyl (C=O) groups is 2. The number of hydrazone groups is 1. The quantitative estimate of drug-likeness (QED) is 0.542. The highest BCUT2D eigenvalue weighted by Crippen LogP contribution is 2.39. The third-order valence-electron chi connectivity index (χ3n) is 6.08. The summed E-state index contributed by atoms with van der Waals surface area (Å²) < 4.78 is 21.4. The van der Waals surface area contributed by atoms with E-state index in [0.29, 0.717) is 31.1 Å². The van der Waals surface area contributed by atoms with Crippen molar-refractivity contribution in [1.29, 1.82) is 0 Å². The number of fused-ring (bicyclic) bond motifs is 1. The zero-order valence-corrected chi connectivity index (χ0v) is 20.9. The average molecular weight is 497 g/mol. The highest BCUT2D eigenvalue weighted by molar-refractivity contribution is 6.03. The van der Waals surface area contributed by atoms with E-state index in [0.717, 1.165) is 29.0 Å². The Morgan fingerprint density at radius 2 is 1.92 bits per heavy atom. The van der Waals surface area contributed by atoms with Crippen LogP contribution in [0.2, 0.25) is 0 Å². The van der Waals surface area contributed by atoms with Gasteiger partial charge in [-0.2, -0.15) is 5.10 Å². The summed E-state index contributed by atoms with van der Waals surface area (Å²) in [5.74, 6) is 1.76. The Morgan fingerprint density at radius 3 is 2.64 bits per heavy atom. The molecule has 4 rings (SSSR count). The smallest absolute Gasteiger partial charge is 0.317 e. The highest BCUT2D eigenvalue weighted by Gasteiger charge is 2.35. The van der Waals surface area contributed by atoms with Gasteiger partial charge in [-0.15, -0.1) is 0 Å². The number of benzene rings is 2. The van der Waals surface area contributed by atoms with E-state index in [-0.39, 0.29) is 37.9 Å². The summed E-state index contributed by atoms with van der Waals surface area (Å²) >= 11 is 0. The van der Waals surface area contributed by atoms with Crippen LogP contribution in [0.4, 0.5) is 4.79 Å². The number of urea groups is 1. The number of hydrogen-bond donors (Lipinski definition) is 1. The van der Waals surface area contributed by atoms with E-state index >= 15 is 0 Å². The van der Waals surface area contributed by atoms with Crippen molar-refractivity contribution in [2.45, 2.75) is 25.8 Å². The average Bonchev–Trinajstić information content (AvgIpc) is 3.56. The molecule has 0 radical (unpaired) electrons. The molecule has 2 aliphatic heterocycles. The molecule has 10 heteroatoms. The Morgan fingerprint density at radius 1 is 1.14 bits per heavy atom. The number of nitrogens with one attached hydrogen (secondary N) is 1. The number of amides is 3. The zero-order valence-electron chi connectivity index (χ0n) is 20.9. The Bertz CT molecular complexity index is 1100. The maximum Gasteiger partial charge on any atom is 0.317 e. The van der Waals surface area contributed by atoms with Gasteiger partial charge in [0.1, 0.15) is 12.3 Å². The van der Waals surface area contributed by atoms with E-state index in [1.165, 1.54) is 9.91 Å². The second kappa shape index (κ2) is 11.8. The normalized spacial score (nSPS) is 16.0. The van der Waals surface area contributed by atoms with Crippen LogP contribution in [0.3, 0.4) is 0 Å². The number of ether oxygens (including phenoxy) is 4. The highest BCUT2D eigenvalue weighted by atomic mass is 16.7. The van der Waals surface area contributed by atoms with Crippen LogP contribution in [0.15, 0.2) is 47.6 Å². The number of rotatable bonds is 10. The van der Waals surface area contributed by atoms with Gasteiger partial charge in [-0.1, -0.05) is 13.0 Å². The van der Waals surface area contributed by atoms with Gasteiger partial charge in [-0.3, -0.25) is 4.79 Å². The van der Waals surface area contributed by atoms with Crippen LogP contribution in [-0.2, 0) is 9.53 Å². The predicted octanol–water partition coefficient (Wildman–Crippen LogP) is 3.17. The fraction of sp³-hybridized carbons (Fsp3) is 0.423. The Kier molecular flexibility index (Phi) is 8.27. The molecule has 1 N–H and O–H groups in total. The molecule has 36 heavy (non-hydrogen) atoms. The summed E-state index contributed by atoms with van der Waals surface area (Å²) in [5, 5.41) is 9.03. The summed E-state index contributed by atoms with van der Waals surface area (Å²) in [6.45, 7) is 3.15. The zero-order chi connectivity index (χ0) is 25.5. The first-order valence-corrected chi connectivity index (χ1v) is 12.0. The molecule has 2 aromatic rings. The van der Waals surface area contributed by atoms with E-state index in [4.69, 9.17) is 24.0 Å². The summed E-state index contributed by atoms with van der Waals surface area (Å²) in [5.41, 5.74) is 2.54. The first kappa shape index (κ1) is 25.3. The van der Waals surface area contributed by atoms with Crippen molar-refractivity contribution in [2.75, 3.05) is 47.3 Å². The number of nitrogens with zero attached hydrogens (tertiary/aromatic N) is 3. The minimum absolute atomic E-state index is 0.126. The van der Waals surface area contributed by atoms with E-state index in [1.54, 1.807) is 14.2 Å². The topological polar surface area (TPSA) is 102 Å². The molecule has 10 nitrogen and oxygen atoms in total. The molecule has 0 saturated carbocycles. The minimum atomic E-state index is -0.355. The molecule has 0 fully saturated rings. The lowest BCUT2D eigenvalue weighted by atomic mass is 9.98.